The van der Waals surface area contributed by atoms with Crippen LogP contribution in [0.5, 0.6) is 0 Å². The fourth-order valence-electron chi connectivity index (χ4n) is 2.83. The third-order valence-corrected chi connectivity index (χ3v) is 3.98. The summed E-state index contributed by atoms with van der Waals surface area (Å²) in [4.78, 5) is 2.61. The van der Waals surface area contributed by atoms with Crippen molar-refractivity contribution in [2.75, 3.05) is 13.1 Å². The number of allylic oxidation sites excluding steroid dienone is 4. The van der Waals surface area contributed by atoms with Gasteiger partial charge >= 0.3 is 0 Å². The molecule has 1 heterocycles. The lowest BCUT2D eigenvalue weighted by Crippen LogP contribution is -2.38. The molecule has 1 heteroatoms. The summed E-state index contributed by atoms with van der Waals surface area (Å²) >= 11 is 0. The number of rotatable bonds is 3. The summed E-state index contributed by atoms with van der Waals surface area (Å²) in [6, 6.07) is 0.731. The van der Waals surface area contributed by atoms with Crippen LogP contribution in [0.4, 0.5) is 0 Å². The minimum atomic E-state index is 0.731. The van der Waals surface area contributed by atoms with Crippen LogP contribution in [-0.2, 0) is 0 Å². The SMILES string of the molecule is CC(C)N1CCC(CC2=CCCC=C2)CC1. The zero-order valence-electron chi connectivity index (χ0n) is 10.8. The summed E-state index contributed by atoms with van der Waals surface area (Å²) in [6.45, 7) is 7.23. The molecule has 0 radical (unpaired) electrons. The van der Waals surface area contributed by atoms with E-state index in [1.165, 1.54) is 45.2 Å². The van der Waals surface area contributed by atoms with Gasteiger partial charge in [0.25, 0.3) is 0 Å². The van der Waals surface area contributed by atoms with Gasteiger partial charge in [0.1, 0.15) is 0 Å². The molecule has 0 atom stereocenters. The summed E-state index contributed by atoms with van der Waals surface area (Å²) in [5.74, 6) is 0.934. The highest BCUT2D eigenvalue weighted by Gasteiger charge is 2.21. The minimum Gasteiger partial charge on any atom is -0.301 e. The summed E-state index contributed by atoms with van der Waals surface area (Å²) < 4.78 is 0. The summed E-state index contributed by atoms with van der Waals surface area (Å²) in [5.41, 5.74) is 1.59. The van der Waals surface area contributed by atoms with Crippen LogP contribution in [0.25, 0.3) is 0 Å². The maximum atomic E-state index is 2.61. The third-order valence-electron chi connectivity index (χ3n) is 3.98. The first-order valence-electron chi connectivity index (χ1n) is 6.85. The van der Waals surface area contributed by atoms with E-state index in [-0.39, 0.29) is 0 Å². The second kappa shape index (κ2) is 5.67. The van der Waals surface area contributed by atoms with Crippen molar-refractivity contribution in [3.05, 3.63) is 23.8 Å². The molecule has 2 aliphatic rings. The Morgan fingerprint density at radius 2 is 2.00 bits per heavy atom. The van der Waals surface area contributed by atoms with E-state index >= 15 is 0 Å². The Hall–Kier alpha value is -0.560. The van der Waals surface area contributed by atoms with Crippen molar-refractivity contribution in [1.82, 2.24) is 4.90 Å². The number of piperidine rings is 1. The molecule has 2 rings (SSSR count). The minimum absolute atomic E-state index is 0.731. The van der Waals surface area contributed by atoms with Gasteiger partial charge in [-0.05, 0) is 65.0 Å². The fraction of sp³-hybridized carbons (Fsp3) is 0.733. The number of hydrogen-bond donors (Lipinski definition) is 0. The van der Waals surface area contributed by atoms with Crippen molar-refractivity contribution in [3.8, 4) is 0 Å². The average Bonchev–Trinajstić information content (AvgIpc) is 2.31. The first-order chi connectivity index (χ1) is 7.75. The standard InChI is InChI=1S/C15H25N/c1-13(2)16-10-8-15(9-11-16)12-14-6-4-3-5-7-14/h4,6-7,13,15H,3,5,8-12H2,1-2H3. The Morgan fingerprint density at radius 3 is 2.56 bits per heavy atom. The Labute approximate surface area is 100 Å². The summed E-state index contributed by atoms with van der Waals surface area (Å²) in [6.07, 6.45) is 13.7. The summed E-state index contributed by atoms with van der Waals surface area (Å²) in [7, 11) is 0. The number of nitrogens with zero attached hydrogens (tertiary/aromatic N) is 1. The number of hydrogen-bond acceptors (Lipinski definition) is 1. The maximum Gasteiger partial charge on any atom is 0.00385 e. The van der Waals surface area contributed by atoms with Gasteiger partial charge in [-0.2, -0.15) is 0 Å². The molecule has 90 valence electrons. The zero-order chi connectivity index (χ0) is 11.4. The van der Waals surface area contributed by atoms with Crippen LogP contribution in [0, 0.1) is 5.92 Å². The largest absolute Gasteiger partial charge is 0.301 e. The summed E-state index contributed by atoms with van der Waals surface area (Å²) in [5, 5.41) is 0. The molecule has 0 spiro atoms. The van der Waals surface area contributed by atoms with Gasteiger partial charge in [-0.3, -0.25) is 0 Å². The van der Waals surface area contributed by atoms with E-state index in [2.05, 4.69) is 37.0 Å². The molecular formula is C15H25N. The highest BCUT2D eigenvalue weighted by molar-refractivity contribution is 5.22. The van der Waals surface area contributed by atoms with Crippen LogP contribution >= 0.6 is 0 Å². The van der Waals surface area contributed by atoms with Crippen molar-refractivity contribution in [1.29, 1.82) is 0 Å². The van der Waals surface area contributed by atoms with Gasteiger partial charge in [-0.25, -0.2) is 0 Å². The molecule has 0 amide bonds. The van der Waals surface area contributed by atoms with Crippen LogP contribution in [0.2, 0.25) is 0 Å². The first-order valence-corrected chi connectivity index (χ1v) is 6.85. The molecule has 0 aromatic carbocycles. The van der Waals surface area contributed by atoms with Crippen LogP contribution in [0.15, 0.2) is 23.8 Å². The van der Waals surface area contributed by atoms with Crippen molar-refractivity contribution in [3.63, 3.8) is 0 Å². The van der Waals surface area contributed by atoms with E-state index in [4.69, 9.17) is 0 Å². The second-order valence-corrected chi connectivity index (χ2v) is 5.54. The van der Waals surface area contributed by atoms with Crippen molar-refractivity contribution < 1.29 is 0 Å². The van der Waals surface area contributed by atoms with Gasteiger partial charge in [0.2, 0.25) is 0 Å². The highest BCUT2D eigenvalue weighted by Crippen LogP contribution is 2.27. The van der Waals surface area contributed by atoms with E-state index in [0.717, 1.165) is 12.0 Å². The number of likely N-dealkylation sites (tertiary alicyclic amines) is 1. The third kappa shape index (κ3) is 3.21. The Bertz CT molecular complexity index is 267. The smallest absolute Gasteiger partial charge is 0.00385 e. The van der Waals surface area contributed by atoms with E-state index in [0.29, 0.717) is 0 Å². The van der Waals surface area contributed by atoms with E-state index < -0.39 is 0 Å². The maximum absolute atomic E-state index is 2.61. The molecule has 1 aliphatic heterocycles. The average molecular weight is 219 g/mol. The van der Waals surface area contributed by atoms with Crippen LogP contribution in [0.1, 0.15) is 46.0 Å². The van der Waals surface area contributed by atoms with Crippen molar-refractivity contribution >= 4 is 0 Å². The molecule has 1 fully saturated rings. The first kappa shape index (κ1) is 11.9. The molecule has 0 unspecified atom stereocenters. The van der Waals surface area contributed by atoms with E-state index in [1.807, 2.05) is 0 Å². The molecule has 16 heavy (non-hydrogen) atoms. The molecule has 1 nitrogen and oxygen atoms in total. The lowest BCUT2D eigenvalue weighted by atomic mass is 9.88. The molecular weight excluding hydrogens is 194 g/mol. The van der Waals surface area contributed by atoms with Crippen molar-refractivity contribution in [2.45, 2.75) is 52.0 Å². The fourth-order valence-corrected chi connectivity index (χ4v) is 2.83. The predicted octanol–water partition coefficient (Wildman–Crippen LogP) is 3.77. The lowest BCUT2D eigenvalue weighted by molar-refractivity contribution is 0.149. The topological polar surface area (TPSA) is 3.24 Å². The van der Waals surface area contributed by atoms with Crippen LogP contribution < -0.4 is 0 Å². The quantitative estimate of drug-likeness (QED) is 0.698. The molecule has 1 aliphatic carbocycles. The van der Waals surface area contributed by atoms with Crippen LogP contribution in [0.3, 0.4) is 0 Å². The molecule has 1 saturated heterocycles. The van der Waals surface area contributed by atoms with Gasteiger partial charge in [0.05, 0.1) is 0 Å². The second-order valence-electron chi connectivity index (χ2n) is 5.54. The molecule has 0 aromatic rings. The van der Waals surface area contributed by atoms with Crippen molar-refractivity contribution in [2.24, 2.45) is 5.92 Å². The van der Waals surface area contributed by atoms with Gasteiger partial charge in [0.15, 0.2) is 0 Å². The van der Waals surface area contributed by atoms with Gasteiger partial charge in [0, 0.05) is 6.04 Å². The zero-order valence-corrected chi connectivity index (χ0v) is 10.8. The molecule has 0 N–H and O–H groups in total. The van der Waals surface area contributed by atoms with E-state index in [9.17, 15) is 0 Å². The molecule has 0 bridgehead atoms. The Balaban J connectivity index is 1.77. The van der Waals surface area contributed by atoms with E-state index in [1.54, 1.807) is 5.57 Å². The monoisotopic (exact) mass is 219 g/mol. The normalized spacial score (nSPS) is 23.8. The molecule has 0 saturated carbocycles. The lowest BCUT2D eigenvalue weighted by Gasteiger charge is -2.34. The Kier molecular flexibility index (Phi) is 4.22. The Morgan fingerprint density at radius 1 is 1.25 bits per heavy atom. The molecule has 0 aromatic heterocycles. The van der Waals surface area contributed by atoms with Gasteiger partial charge in [-0.15, -0.1) is 0 Å². The van der Waals surface area contributed by atoms with Crippen LogP contribution in [-0.4, -0.2) is 24.0 Å². The highest BCUT2D eigenvalue weighted by atomic mass is 15.1. The van der Waals surface area contributed by atoms with Gasteiger partial charge < -0.3 is 4.90 Å². The predicted molar refractivity (Wildman–Crippen MR) is 70.5 cm³/mol. The van der Waals surface area contributed by atoms with Gasteiger partial charge in [-0.1, -0.05) is 23.8 Å².